The van der Waals surface area contributed by atoms with Gasteiger partial charge in [-0.1, -0.05) is 29.8 Å². The number of halogens is 1. The predicted octanol–water partition coefficient (Wildman–Crippen LogP) is 2.95. The standard InChI is InChI=1S/C10H13BrN2O2/c1-10(2,7-11)5-8-3-4-9(6-12-8)13(14)15/h3-4,6H,5,7H2,1-2H3. The van der Waals surface area contributed by atoms with Crippen LogP contribution in [0.4, 0.5) is 5.69 Å². The van der Waals surface area contributed by atoms with Gasteiger partial charge in [-0.15, -0.1) is 0 Å². The lowest BCUT2D eigenvalue weighted by molar-refractivity contribution is -0.385. The van der Waals surface area contributed by atoms with E-state index in [9.17, 15) is 10.1 Å². The lowest BCUT2D eigenvalue weighted by atomic mass is 9.90. The summed E-state index contributed by atoms with van der Waals surface area (Å²) in [5.74, 6) is 0. The smallest absolute Gasteiger partial charge is 0.258 e. The van der Waals surface area contributed by atoms with Crippen molar-refractivity contribution in [1.29, 1.82) is 0 Å². The van der Waals surface area contributed by atoms with Crippen LogP contribution in [0.1, 0.15) is 19.5 Å². The molecule has 1 heterocycles. The van der Waals surface area contributed by atoms with Crippen molar-refractivity contribution in [2.45, 2.75) is 20.3 Å². The summed E-state index contributed by atoms with van der Waals surface area (Å²) in [6, 6.07) is 3.20. The van der Waals surface area contributed by atoms with Gasteiger partial charge in [-0.3, -0.25) is 15.1 Å². The number of hydrogen-bond donors (Lipinski definition) is 0. The van der Waals surface area contributed by atoms with Crippen LogP contribution in [-0.2, 0) is 6.42 Å². The molecule has 1 rings (SSSR count). The molecule has 0 unspecified atom stereocenters. The Morgan fingerprint density at radius 2 is 2.20 bits per heavy atom. The van der Waals surface area contributed by atoms with Gasteiger partial charge in [0.25, 0.3) is 5.69 Å². The molecule has 0 bridgehead atoms. The molecular formula is C10H13BrN2O2. The van der Waals surface area contributed by atoms with Crippen LogP contribution in [0, 0.1) is 15.5 Å². The van der Waals surface area contributed by atoms with Gasteiger partial charge in [0.1, 0.15) is 6.20 Å². The van der Waals surface area contributed by atoms with Crippen molar-refractivity contribution in [1.82, 2.24) is 4.98 Å². The summed E-state index contributed by atoms with van der Waals surface area (Å²) in [5, 5.41) is 11.3. The van der Waals surface area contributed by atoms with E-state index in [1.165, 1.54) is 12.3 Å². The minimum Gasteiger partial charge on any atom is -0.258 e. The van der Waals surface area contributed by atoms with Crippen LogP contribution in [0.5, 0.6) is 0 Å². The maximum absolute atomic E-state index is 10.4. The molecule has 0 aliphatic carbocycles. The number of nitro groups is 1. The SMILES string of the molecule is CC(C)(CBr)Cc1ccc([N+](=O)[O-])cn1. The van der Waals surface area contributed by atoms with Crippen molar-refractivity contribution >= 4 is 21.6 Å². The van der Waals surface area contributed by atoms with E-state index in [-0.39, 0.29) is 11.1 Å². The fourth-order valence-corrected chi connectivity index (χ4v) is 1.37. The largest absolute Gasteiger partial charge is 0.287 e. The number of alkyl halides is 1. The topological polar surface area (TPSA) is 56.0 Å². The number of hydrogen-bond acceptors (Lipinski definition) is 3. The van der Waals surface area contributed by atoms with E-state index in [4.69, 9.17) is 0 Å². The molecule has 0 atom stereocenters. The van der Waals surface area contributed by atoms with E-state index in [1.807, 2.05) is 0 Å². The van der Waals surface area contributed by atoms with Crippen molar-refractivity contribution in [2.75, 3.05) is 5.33 Å². The summed E-state index contributed by atoms with van der Waals surface area (Å²) in [5.41, 5.74) is 1.03. The summed E-state index contributed by atoms with van der Waals surface area (Å²) in [7, 11) is 0. The molecule has 1 aromatic heterocycles. The molecule has 0 saturated carbocycles. The molecule has 0 spiro atoms. The summed E-state index contributed by atoms with van der Waals surface area (Å²) in [6.07, 6.45) is 2.11. The average molecular weight is 273 g/mol. The van der Waals surface area contributed by atoms with Crippen LogP contribution in [0.25, 0.3) is 0 Å². The average Bonchev–Trinajstić information content (AvgIpc) is 2.18. The van der Waals surface area contributed by atoms with Gasteiger partial charge in [0, 0.05) is 17.1 Å². The molecule has 0 aromatic carbocycles. The molecule has 82 valence electrons. The molecule has 5 heteroatoms. The summed E-state index contributed by atoms with van der Waals surface area (Å²) >= 11 is 3.43. The Hall–Kier alpha value is -0.970. The number of rotatable bonds is 4. The van der Waals surface area contributed by atoms with Crippen LogP contribution in [0.2, 0.25) is 0 Å². The second-order valence-corrected chi connectivity index (χ2v) is 4.80. The summed E-state index contributed by atoms with van der Waals surface area (Å²) < 4.78 is 0. The zero-order valence-corrected chi connectivity index (χ0v) is 10.3. The highest BCUT2D eigenvalue weighted by Gasteiger charge is 2.18. The monoisotopic (exact) mass is 272 g/mol. The Labute approximate surface area is 97.0 Å². The van der Waals surface area contributed by atoms with Gasteiger partial charge in [0.15, 0.2) is 0 Å². The molecule has 0 aliphatic rings. The van der Waals surface area contributed by atoms with Gasteiger partial charge >= 0.3 is 0 Å². The van der Waals surface area contributed by atoms with Crippen molar-refractivity contribution in [2.24, 2.45) is 5.41 Å². The van der Waals surface area contributed by atoms with Crippen LogP contribution in [0.15, 0.2) is 18.3 Å². The zero-order valence-electron chi connectivity index (χ0n) is 8.74. The highest BCUT2D eigenvalue weighted by atomic mass is 79.9. The van der Waals surface area contributed by atoms with Gasteiger partial charge in [-0.05, 0) is 17.9 Å². The van der Waals surface area contributed by atoms with E-state index in [0.717, 1.165) is 17.4 Å². The maximum Gasteiger partial charge on any atom is 0.287 e. The molecule has 0 amide bonds. The van der Waals surface area contributed by atoms with Crippen LogP contribution < -0.4 is 0 Å². The van der Waals surface area contributed by atoms with E-state index >= 15 is 0 Å². The first kappa shape index (κ1) is 12.1. The molecule has 1 aromatic rings. The first-order valence-electron chi connectivity index (χ1n) is 4.60. The molecular weight excluding hydrogens is 260 g/mol. The van der Waals surface area contributed by atoms with Crippen molar-refractivity contribution in [3.63, 3.8) is 0 Å². The van der Waals surface area contributed by atoms with E-state index in [0.29, 0.717) is 0 Å². The van der Waals surface area contributed by atoms with E-state index < -0.39 is 4.92 Å². The Kier molecular flexibility index (Phi) is 3.79. The van der Waals surface area contributed by atoms with E-state index in [2.05, 4.69) is 34.8 Å². The normalized spacial score (nSPS) is 11.4. The Balaban J connectivity index is 2.77. The number of aromatic nitrogens is 1. The lowest BCUT2D eigenvalue weighted by Gasteiger charge is -2.20. The molecule has 0 radical (unpaired) electrons. The third kappa shape index (κ3) is 3.58. The third-order valence-corrected chi connectivity index (χ3v) is 3.56. The molecule has 0 fully saturated rings. The maximum atomic E-state index is 10.4. The molecule has 0 N–H and O–H groups in total. The van der Waals surface area contributed by atoms with Crippen molar-refractivity contribution < 1.29 is 4.92 Å². The van der Waals surface area contributed by atoms with Gasteiger partial charge in [0.05, 0.1) is 4.92 Å². The predicted molar refractivity (Wildman–Crippen MR) is 62.2 cm³/mol. The van der Waals surface area contributed by atoms with Crippen LogP contribution in [0.3, 0.4) is 0 Å². The second kappa shape index (κ2) is 4.70. The van der Waals surface area contributed by atoms with Gasteiger partial charge in [0.2, 0.25) is 0 Å². The fourth-order valence-electron chi connectivity index (χ4n) is 1.17. The first-order chi connectivity index (χ1) is 6.94. The first-order valence-corrected chi connectivity index (χ1v) is 5.72. The Bertz CT molecular complexity index is 349. The van der Waals surface area contributed by atoms with Gasteiger partial charge in [-0.25, -0.2) is 0 Å². The molecule has 4 nitrogen and oxygen atoms in total. The lowest BCUT2D eigenvalue weighted by Crippen LogP contribution is -2.17. The minimum absolute atomic E-state index is 0.0374. The van der Waals surface area contributed by atoms with Crippen LogP contribution >= 0.6 is 15.9 Å². The zero-order chi connectivity index (χ0) is 11.5. The van der Waals surface area contributed by atoms with Gasteiger partial charge in [-0.2, -0.15) is 0 Å². The molecule has 0 saturated heterocycles. The van der Waals surface area contributed by atoms with Crippen LogP contribution in [-0.4, -0.2) is 15.2 Å². The highest BCUT2D eigenvalue weighted by molar-refractivity contribution is 9.09. The Morgan fingerprint density at radius 1 is 1.53 bits per heavy atom. The molecule has 0 aliphatic heterocycles. The molecule has 15 heavy (non-hydrogen) atoms. The number of nitrogens with zero attached hydrogens (tertiary/aromatic N) is 2. The van der Waals surface area contributed by atoms with Crippen molar-refractivity contribution in [3.05, 3.63) is 34.1 Å². The number of pyridine rings is 1. The van der Waals surface area contributed by atoms with Gasteiger partial charge < -0.3 is 0 Å². The summed E-state index contributed by atoms with van der Waals surface area (Å²) in [4.78, 5) is 14.0. The highest BCUT2D eigenvalue weighted by Crippen LogP contribution is 2.23. The summed E-state index contributed by atoms with van der Waals surface area (Å²) in [6.45, 7) is 4.23. The Morgan fingerprint density at radius 3 is 2.60 bits per heavy atom. The third-order valence-electron chi connectivity index (χ3n) is 2.04. The second-order valence-electron chi connectivity index (χ2n) is 4.24. The fraction of sp³-hybridized carbons (Fsp3) is 0.500. The van der Waals surface area contributed by atoms with Crippen molar-refractivity contribution in [3.8, 4) is 0 Å². The minimum atomic E-state index is -0.438. The van der Waals surface area contributed by atoms with E-state index in [1.54, 1.807) is 6.07 Å². The quantitative estimate of drug-likeness (QED) is 0.481.